The van der Waals surface area contributed by atoms with E-state index in [0.29, 0.717) is 11.4 Å². The molecular formula is C18H25N5O5S. The van der Waals surface area contributed by atoms with Crippen LogP contribution in [0.4, 0.5) is 0 Å². The summed E-state index contributed by atoms with van der Waals surface area (Å²) in [6.45, 7) is 4.87. The number of nitrogens with zero attached hydrogens (tertiary/aromatic N) is 4. The van der Waals surface area contributed by atoms with E-state index in [1.807, 2.05) is 6.07 Å². The highest BCUT2D eigenvalue weighted by atomic mass is 32.2. The van der Waals surface area contributed by atoms with Crippen LogP contribution in [-0.4, -0.2) is 54.9 Å². The molecule has 1 aromatic carbocycles. The molecule has 0 aliphatic carbocycles. The fourth-order valence-corrected chi connectivity index (χ4v) is 4.29. The second-order valence-corrected chi connectivity index (χ2v) is 8.77. The molecule has 0 atom stereocenters. The fourth-order valence-electron chi connectivity index (χ4n) is 3.56. The van der Waals surface area contributed by atoms with Crippen LogP contribution in [0.2, 0.25) is 0 Å². The number of nitrogens with one attached hydrogen (secondary N) is 1. The van der Waals surface area contributed by atoms with Crippen molar-refractivity contribution >= 4 is 10.0 Å². The lowest BCUT2D eigenvalue weighted by Gasteiger charge is -2.31. The average Bonchev–Trinajstić information content (AvgIpc) is 3.16. The van der Waals surface area contributed by atoms with Crippen molar-refractivity contribution in [2.45, 2.75) is 37.2 Å². The Morgan fingerprint density at radius 2 is 1.93 bits per heavy atom. The quantitative estimate of drug-likeness (QED) is 0.507. The van der Waals surface area contributed by atoms with Crippen molar-refractivity contribution < 1.29 is 18.3 Å². The molecule has 29 heavy (non-hydrogen) atoms. The molecule has 2 aromatic rings. The van der Waals surface area contributed by atoms with E-state index in [1.165, 1.54) is 19.2 Å². The van der Waals surface area contributed by atoms with Crippen molar-refractivity contribution in [2.75, 3.05) is 26.7 Å². The van der Waals surface area contributed by atoms with Crippen LogP contribution in [-0.2, 0) is 21.5 Å². The van der Waals surface area contributed by atoms with Crippen molar-refractivity contribution in [3.05, 3.63) is 51.8 Å². The Kier molecular flexibility index (Phi) is 6.50. The maximum atomic E-state index is 12.0. The Labute approximate surface area is 169 Å². The van der Waals surface area contributed by atoms with E-state index in [4.69, 9.17) is 0 Å². The van der Waals surface area contributed by atoms with E-state index in [-0.39, 0.29) is 17.4 Å². The van der Waals surface area contributed by atoms with Crippen LogP contribution >= 0.6 is 0 Å². The zero-order valence-electron chi connectivity index (χ0n) is 16.4. The average molecular weight is 423 g/mol. The minimum atomic E-state index is -3.53. The number of piperidine rings is 1. The van der Waals surface area contributed by atoms with E-state index >= 15 is 0 Å². The number of rotatable bonds is 8. The van der Waals surface area contributed by atoms with Gasteiger partial charge in [0.2, 0.25) is 10.0 Å². The summed E-state index contributed by atoms with van der Waals surface area (Å²) >= 11 is 0. The van der Waals surface area contributed by atoms with Crippen molar-refractivity contribution in [3.8, 4) is 5.69 Å². The van der Waals surface area contributed by atoms with Crippen LogP contribution in [0.3, 0.4) is 0 Å². The summed E-state index contributed by atoms with van der Waals surface area (Å²) in [7, 11) is -2.17. The second kappa shape index (κ2) is 8.89. The summed E-state index contributed by atoms with van der Waals surface area (Å²) in [4.78, 5) is 17.6. The standard InChI is InChI=1S/C18H25N5O5S/c1-3-21-10-8-14(9-11-21)18-12-15(13-28-23(24)25)20-22(18)16-4-6-17(7-5-16)29(26,27)19-2/h4-7,12,14,19H,3,8-11,13H2,1-2H3. The smallest absolute Gasteiger partial charge is 0.294 e. The fraction of sp³-hybridized carbons (Fsp3) is 0.500. The molecule has 10 nitrogen and oxygen atoms in total. The molecule has 11 heteroatoms. The lowest BCUT2D eigenvalue weighted by Crippen LogP contribution is -2.33. The van der Waals surface area contributed by atoms with E-state index in [9.17, 15) is 18.5 Å². The normalized spacial score (nSPS) is 16.1. The van der Waals surface area contributed by atoms with Gasteiger partial charge in [-0.05, 0) is 69.9 Å². The Morgan fingerprint density at radius 3 is 2.48 bits per heavy atom. The Hall–Kier alpha value is -2.50. The van der Waals surface area contributed by atoms with Gasteiger partial charge >= 0.3 is 0 Å². The summed E-state index contributed by atoms with van der Waals surface area (Å²) < 4.78 is 27.9. The summed E-state index contributed by atoms with van der Waals surface area (Å²) in [5.41, 5.74) is 2.11. The van der Waals surface area contributed by atoms with Gasteiger partial charge in [-0.1, -0.05) is 6.92 Å². The number of hydrogen-bond acceptors (Lipinski definition) is 7. The van der Waals surface area contributed by atoms with Gasteiger partial charge in [0.05, 0.1) is 16.3 Å². The number of sulfonamides is 1. The number of hydrogen-bond donors (Lipinski definition) is 1. The lowest BCUT2D eigenvalue weighted by molar-refractivity contribution is -0.763. The Balaban J connectivity index is 1.92. The molecule has 1 N–H and O–H groups in total. The third kappa shape index (κ3) is 4.92. The van der Waals surface area contributed by atoms with Crippen LogP contribution in [0.15, 0.2) is 35.2 Å². The minimum Gasteiger partial charge on any atom is -0.307 e. The Morgan fingerprint density at radius 1 is 1.28 bits per heavy atom. The van der Waals surface area contributed by atoms with Gasteiger partial charge in [0, 0.05) is 11.6 Å². The molecule has 1 aliphatic rings. The largest absolute Gasteiger partial charge is 0.307 e. The first kappa shape index (κ1) is 21.2. The molecule has 0 bridgehead atoms. The van der Waals surface area contributed by atoms with E-state index in [1.54, 1.807) is 16.8 Å². The first-order chi connectivity index (χ1) is 13.8. The predicted molar refractivity (Wildman–Crippen MR) is 106 cm³/mol. The third-order valence-electron chi connectivity index (χ3n) is 5.22. The molecule has 2 heterocycles. The summed E-state index contributed by atoms with van der Waals surface area (Å²) in [5, 5.41) is 14.2. The number of benzene rings is 1. The number of likely N-dealkylation sites (tertiary alicyclic amines) is 1. The van der Waals surface area contributed by atoms with Gasteiger partial charge in [0.1, 0.15) is 6.61 Å². The van der Waals surface area contributed by atoms with Crippen LogP contribution < -0.4 is 4.72 Å². The molecule has 0 spiro atoms. The minimum absolute atomic E-state index is 0.158. The van der Waals surface area contributed by atoms with Gasteiger partial charge < -0.3 is 9.74 Å². The molecule has 0 unspecified atom stereocenters. The second-order valence-electron chi connectivity index (χ2n) is 6.88. The summed E-state index contributed by atoms with van der Waals surface area (Å²) in [6, 6.07) is 8.23. The molecular weight excluding hydrogens is 398 g/mol. The molecule has 1 fully saturated rings. The van der Waals surface area contributed by atoms with Gasteiger partial charge in [0.25, 0.3) is 5.09 Å². The first-order valence-electron chi connectivity index (χ1n) is 9.46. The topological polar surface area (TPSA) is 120 Å². The monoisotopic (exact) mass is 423 g/mol. The number of aromatic nitrogens is 2. The molecule has 1 aliphatic heterocycles. The zero-order chi connectivity index (χ0) is 21.0. The van der Waals surface area contributed by atoms with Crippen LogP contribution in [0.25, 0.3) is 5.69 Å². The van der Waals surface area contributed by atoms with Crippen LogP contribution in [0, 0.1) is 10.1 Å². The third-order valence-corrected chi connectivity index (χ3v) is 6.65. The van der Waals surface area contributed by atoms with Crippen molar-refractivity contribution in [3.63, 3.8) is 0 Å². The molecule has 3 rings (SSSR count). The molecule has 1 saturated heterocycles. The van der Waals surface area contributed by atoms with Gasteiger partial charge in [-0.3, -0.25) is 0 Å². The molecule has 0 amide bonds. The summed E-state index contributed by atoms with van der Waals surface area (Å²) in [6.07, 6.45) is 1.92. The highest BCUT2D eigenvalue weighted by Gasteiger charge is 2.24. The van der Waals surface area contributed by atoms with Gasteiger partial charge in [0.15, 0.2) is 0 Å². The van der Waals surface area contributed by atoms with Crippen LogP contribution in [0.5, 0.6) is 0 Å². The highest BCUT2D eigenvalue weighted by Crippen LogP contribution is 2.30. The molecule has 0 saturated carbocycles. The van der Waals surface area contributed by atoms with Crippen molar-refractivity contribution in [1.82, 2.24) is 19.4 Å². The molecule has 158 valence electrons. The van der Waals surface area contributed by atoms with Crippen molar-refractivity contribution in [2.24, 2.45) is 0 Å². The van der Waals surface area contributed by atoms with Crippen LogP contribution in [0.1, 0.15) is 37.1 Å². The molecule has 1 aromatic heterocycles. The first-order valence-corrected chi connectivity index (χ1v) is 10.9. The van der Waals surface area contributed by atoms with E-state index in [0.717, 1.165) is 38.2 Å². The zero-order valence-corrected chi connectivity index (χ0v) is 17.3. The van der Waals surface area contributed by atoms with Gasteiger partial charge in [-0.15, -0.1) is 10.1 Å². The maximum Gasteiger partial charge on any atom is 0.294 e. The van der Waals surface area contributed by atoms with Crippen molar-refractivity contribution in [1.29, 1.82) is 0 Å². The van der Waals surface area contributed by atoms with E-state index < -0.39 is 15.1 Å². The predicted octanol–water partition coefficient (Wildman–Crippen LogP) is 1.69. The SMILES string of the molecule is CCN1CCC(c2cc(CO[N+](=O)[O-])nn2-c2ccc(S(=O)(=O)NC)cc2)CC1. The lowest BCUT2D eigenvalue weighted by atomic mass is 9.93. The molecule has 0 radical (unpaired) electrons. The maximum absolute atomic E-state index is 12.0. The van der Waals surface area contributed by atoms with Gasteiger partial charge in [-0.25, -0.2) is 17.8 Å². The highest BCUT2D eigenvalue weighted by molar-refractivity contribution is 7.89. The van der Waals surface area contributed by atoms with E-state index in [2.05, 4.69) is 26.5 Å². The van der Waals surface area contributed by atoms with Gasteiger partial charge in [-0.2, -0.15) is 5.10 Å². The summed E-state index contributed by atoms with van der Waals surface area (Å²) in [5.74, 6) is 0.260. The Bertz CT molecular complexity index is 950.